The molecule has 0 fully saturated rings. The summed E-state index contributed by atoms with van der Waals surface area (Å²) in [5, 5.41) is 7.24. The number of nitrogens with zero attached hydrogens (tertiary/aromatic N) is 3. The highest BCUT2D eigenvalue weighted by Gasteiger charge is 2.16. The summed E-state index contributed by atoms with van der Waals surface area (Å²) in [6, 6.07) is 15.9. The van der Waals surface area contributed by atoms with Crippen molar-refractivity contribution in [1.82, 2.24) is 14.4 Å². The monoisotopic (exact) mass is 446 g/mol. The molecule has 5 rings (SSSR count). The second kappa shape index (κ2) is 8.06. The van der Waals surface area contributed by atoms with E-state index in [0.717, 1.165) is 50.2 Å². The Labute approximate surface area is 188 Å². The third-order valence-electron chi connectivity index (χ3n) is 5.07. The molecule has 0 spiro atoms. The molecule has 0 aliphatic rings. The standard InChI is InChI=1S/C24H19ClN4OS/c1-15-23(18-11-22(31-14-18)28-19-5-7-20(30-2)8-6-19)29-13-17(10-21(25)24(29)27-15)16-4-3-9-26-12-16/h3-14,28H,1-2H3. The fourth-order valence-electron chi connectivity index (χ4n) is 3.60. The minimum atomic E-state index is 0.613. The van der Waals surface area contributed by atoms with E-state index in [9.17, 15) is 0 Å². The quantitative estimate of drug-likeness (QED) is 0.321. The van der Waals surface area contributed by atoms with Gasteiger partial charge >= 0.3 is 0 Å². The van der Waals surface area contributed by atoms with Crippen LogP contribution in [0.1, 0.15) is 5.69 Å². The molecule has 0 unspecified atom stereocenters. The van der Waals surface area contributed by atoms with E-state index in [1.54, 1.807) is 24.6 Å². The molecule has 0 aliphatic carbocycles. The van der Waals surface area contributed by atoms with Crippen LogP contribution in [0.2, 0.25) is 5.02 Å². The number of aryl methyl sites for hydroxylation is 1. The minimum absolute atomic E-state index is 0.613. The van der Waals surface area contributed by atoms with Crippen molar-refractivity contribution in [3.05, 3.63) is 83.2 Å². The number of pyridine rings is 2. The van der Waals surface area contributed by atoms with Crippen LogP contribution >= 0.6 is 22.9 Å². The SMILES string of the molecule is COc1ccc(Nc2cc(-c3c(C)nc4c(Cl)cc(-c5cccnc5)cn34)cs2)cc1. The number of fused-ring (bicyclic) bond motifs is 1. The lowest BCUT2D eigenvalue weighted by Crippen LogP contribution is -1.92. The van der Waals surface area contributed by atoms with Gasteiger partial charge in [-0.3, -0.25) is 9.38 Å². The number of thiophene rings is 1. The number of aromatic nitrogens is 3. The second-order valence-corrected chi connectivity index (χ2v) is 8.43. The zero-order valence-electron chi connectivity index (χ0n) is 17.0. The molecule has 154 valence electrons. The summed E-state index contributed by atoms with van der Waals surface area (Å²) in [7, 11) is 1.66. The van der Waals surface area contributed by atoms with Crippen LogP contribution in [0.25, 0.3) is 28.0 Å². The number of methoxy groups -OCH3 is 1. The lowest BCUT2D eigenvalue weighted by Gasteiger charge is -2.07. The minimum Gasteiger partial charge on any atom is -0.497 e. The van der Waals surface area contributed by atoms with Gasteiger partial charge in [-0.05, 0) is 49.4 Å². The van der Waals surface area contributed by atoms with Crippen LogP contribution < -0.4 is 10.1 Å². The van der Waals surface area contributed by atoms with Crippen LogP contribution in [0.4, 0.5) is 10.7 Å². The van der Waals surface area contributed by atoms with Gasteiger partial charge in [-0.25, -0.2) is 4.98 Å². The summed E-state index contributed by atoms with van der Waals surface area (Å²) in [5.74, 6) is 0.833. The maximum absolute atomic E-state index is 6.60. The Balaban J connectivity index is 1.54. The van der Waals surface area contributed by atoms with Gasteiger partial charge in [0.15, 0.2) is 5.65 Å². The number of nitrogens with one attached hydrogen (secondary N) is 1. The maximum atomic E-state index is 6.60. The van der Waals surface area contributed by atoms with E-state index in [0.29, 0.717) is 5.02 Å². The first-order chi connectivity index (χ1) is 15.1. The average molecular weight is 447 g/mol. The van der Waals surface area contributed by atoms with Gasteiger partial charge in [0.2, 0.25) is 0 Å². The van der Waals surface area contributed by atoms with Crippen molar-refractivity contribution >= 4 is 39.3 Å². The lowest BCUT2D eigenvalue weighted by molar-refractivity contribution is 0.415. The smallest absolute Gasteiger partial charge is 0.156 e. The van der Waals surface area contributed by atoms with Gasteiger partial charge in [0, 0.05) is 46.3 Å². The first-order valence-electron chi connectivity index (χ1n) is 9.71. The van der Waals surface area contributed by atoms with Crippen molar-refractivity contribution in [3.8, 4) is 28.1 Å². The predicted octanol–water partition coefficient (Wildman–Crippen LogP) is 6.84. The van der Waals surface area contributed by atoms with E-state index >= 15 is 0 Å². The molecule has 31 heavy (non-hydrogen) atoms. The van der Waals surface area contributed by atoms with Gasteiger partial charge in [-0.15, -0.1) is 11.3 Å². The van der Waals surface area contributed by atoms with Crippen LogP contribution in [-0.4, -0.2) is 21.5 Å². The van der Waals surface area contributed by atoms with E-state index in [1.807, 2.05) is 55.6 Å². The number of benzene rings is 1. The van der Waals surface area contributed by atoms with E-state index in [4.69, 9.17) is 21.3 Å². The van der Waals surface area contributed by atoms with Crippen LogP contribution in [0.5, 0.6) is 5.75 Å². The number of anilines is 2. The molecule has 0 radical (unpaired) electrons. The Morgan fingerprint density at radius 2 is 1.90 bits per heavy atom. The molecule has 1 aromatic carbocycles. The molecule has 0 aliphatic heterocycles. The van der Waals surface area contributed by atoms with Gasteiger partial charge in [-0.1, -0.05) is 17.7 Å². The molecule has 0 atom stereocenters. The van der Waals surface area contributed by atoms with Gasteiger partial charge < -0.3 is 10.1 Å². The van der Waals surface area contributed by atoms with Gasteiger partial charge in [0.1, 0.15) is 5.75 Å². The highest BCUT2D eigenvalue weighted by molar-refractivity contribution is 7.14. The van der Waals surface area contributed by atoms with Crippen molar-refractivity contribution < 1.29 is 4.74 Å². The third kappa shape index (κ3) is 3.76. The van der Waals surface area contributed by atoms with Crippen LogP contribution in [-0.2, 0) is 0 Å². The van der Waals surface area contributed by atoms with Crippen molar-refractivity contribution in [2.24, 2.45) is 0 Å². The van der Waals surface area contributed by atoms with Gasteiger partial charge in [0.05, 0.1) is 28.5 Å². The number of imidazole rings is 1. The van der Waals surface area contributed by atoms with Crippen molar-refractivity contribution in [1.29, 1.82) is 0 Å². The van der Waals surface area contributed by atoms with E-state index in [2.05, 4.69) is 32.3 Å². The Bertz CT molecular complexity index is 1360. The van der Waals surface area contributed by atoms with E-state index < -0.39 is 0 Å². The predicted molar refractivity (Wildman–Crippen MR) is 128 cm³/mol. The fourth-order valence-corrected chi connectivity index (χ4v) is 4.66. The Morgan fingerprint density at radius 3 is 2.65 bits per heavy atom. The summed E-state index contributed by atoms with van der Waals surface area (Å²) in [4.78, 5) is 8.95. The zero-order valence-corrected chi connectivity index (χ0v) is 18.5. The molecule has 0 saturated carbocycles. The third-order valence-corrected chi connectivity index (χ3v) is 6.20. The first kappa shape index (κ1) is 19.6. The Morgan fingerprint density at radius 1 is 1.06 bits per heavy atom. The van der Waals surface area contributed by atoms with Crippen LogP contribution in [0.15, 0.2) is 72.5 Å². The Kier molecular flexibility index (Phi) is 5.10. The van der Waals surface area contributed by atoms with Gasteiger partial charge in [-0.2, -0.15) is 0 Å². The normalized spacial score (nSPS) is 11.1. The molecule has 4 heterocycles. The summed E-state index contributed by atoms with van der Waals surface area (Å²) in [5.41, 5.74) is 6.81. The van der Waals surface area contributed by atoms with Gasteiger partial charge in [0.25, 0.3) is 0 Å². The summed E-state index contributed by atoms with van der Waals surface area (Å²) in [6.07, 6.45) is 5.67. The molecule has 4 aromatic heterocycles. The summed E-state index contributed by atoms with van der Waals surface area (Å²) >= 11 is 8.25. The number of hydrogen-bond acceptors (Lipinski definition) is 5. The molecular weight excluding hydrogens is 428 g/mol. The molecule has 5 nitrogen and oxygen atoms in total. The molecule has 0 amide bonds. The van der Waals surface area contributed by atoms with Crippen molar-refractivity contribution in [3.63, 3.8) is 0 Å². The molecule has 5 aromatic rings. The number of hydrogen-bond donors (Lipinski definition) is 1. The topological polar surface area (TPSA) is 51.5 Å². The highest BCUT2D eigenvalue weighted by atomic mass is 35.5. The van der Waals surface area contributed by atoms with Crippen LogP contribution in [0.3, 0.4) is 0 Å². The number of halogens is 1. The zero-order chi connectivity index (χ0) is 21.4. The summed E-state index contributed by atoms with van der Waals surface area (Å²) < 4.78 is 7.30. The first-order valence-corrected chi connectivity index (χ1v) is 11.0. The largest absolute Gasteiger partial charge is 0.497 e. The molecular formula is C24H19ClN4OS. The number of ether oxygens (including phenoxy) is 1. The molecule has 0 saturated heterocycles. The van der Waals surface area contributed by atoms with E-state index in [1.165, 1.54) is 0 Å². The number of rotatable bonds is 5. The highest BCUT2D eigenvalue weighted by Crippen LogP contribution is 2.36. The average Bonchev–Trinajstić information content (AvgIpc) is 3.38. The molecule has 0 bridgehead atoms. The van der Waals surface area contributed by atoms with E-state index in [-0.39, 0.29) is 0 Å². The summed E-state index contributed by atoms with van der Waals surface area (Å²) in [6.45, 7) is 2.01. The molecule has 7 heteroatoms. The Hall–Kier alpha value is -3.35. The molecule has 1 N–H and O–H groups in total. The van der Waals surface area contributed by atoms with Crippen molar-refractivity contribution in [2.75, 3.05) is 12.4 Å². The van der Waals surface area contributed by atoms with Crippen LogP contribution in [0, 0.1) is 6.92 Å². The maximum Gasteiger partial charge on any atom is 0.156 e. The van der Waals surface area contributed by atoms with Crippen molar-refractivity contribution in [2.45, 2.75) is 6.92 Å². The fraction of sp³-hybridized carbons (Fsp3) is 0.0833. The lowest BCUT2D eigenvalue weighted by atomic mass is 10.1. The second-order valence-electron chi connectivity index (χ2n) is 7.11.